The minimum atomic E-state index is -1.08. The highest BCUT2D eigenvalue weighted by Gasteiger charge is 2.41. The van der Waals surface area contributed by atoms with Gasteiger partial charge in [-0.25, -0.2) is 4.79 Å². The topological polar surface area (TPSA) is 82.1 Å². The van der Waals surface area contributed by atoms with Gasteiger partial charge in [-0.1, -0.05) is 0 Å². The number of hydrogen-bond acceptors (Lipinski definition) is 3. The van der Waals surface area contributed by atoms with Crippen LogP contribution in [0.5, 0.6) is 0 Å². The molecule has 10 heavy (non-hydrogen) atoms. The molecule has 0 radical (unpaired) electrons. The van der Waals surface area contributed by atoms with Crippen molar-refractivity contribution in [1.82, 2.24) is 5.32 Å². The number of nitrogens with one attached hydrogen (secondary N) is 1. The fourth-order valence-electron chi connectivity index (χ4n) is 0.592. The van der Waals surface area contributed by atoms with Crippen LogP contribution < -0.4 is 5.32 Å². The molecule has 1 aliphatic rings. The smallest absolute Gasteiger partial charge is 0.404 e. The SMILES string of the molecule is O=C(O)NCC[C@@]1(O)CO1. The molecule has 1 heterocycles. The fourth-order valence-corrected chi connectivity index (χ4v) is 0.592. The molecule has 1 rings (SSSR count). The molecule has 0 unspecified atom stereocenters. The number of ether oxygens (including phenoxy) is 1. The predicted molar refractivity (Wildman–Crippen MR) is 31.5 cm³/mol. The highest BCUT2D eigenvalue weighted by atomic mass is 16.7. The van der Waals surface area contributed by atoms with Crippen molar-refractivity contribution in [3.8, 4) is 0 Å². The summed E-state index contributed by atoms with van der Waals surface area (Å²) in [6.45, 7) is 0.542. The van der Waals surface area contributed by atoms with Crippen molar-refractivity contribution in [1.29, 1.82) is 0 Å². The van der Waals surface area contributed by atoms with Gasteiger partial charge in [0.1, 0.15) is 6.61 Å². The molecule has 5 heteroatoms. The summed E-state index contributed by atoms with van der Waals surface area (Å²) in [5, 5.41) is 19.2. The van der Waals surface area contributed by atoms with Crippen molar-refractivity contribution < 1.29 is 19.7 Å². The Morgan fingerprint density at radius 3 is 2.80 bits per heavy atom. The van der Waals surface area contributed by atoms with Gasteiger partial charge >= 0.3 is 6.09 Å². The molecule has 58 valence electrons. The number of hydrogen-bond donors (Lipinski definition) is 3. The zero-order valence-electron chi connectivity index (χ0n) is 5.33. The van der Waals surface area contributed by atoms with Gasteiger partial charge in [0.25, 0.3) is 0 Å². The number of epoxide rings is 1. The third kappa shape index (κ3) is 2.20. The lowest BCUT2D eigenvalue weighted by Gasteiger charge is -2.02. The molecule has 0 aromatic heterocycles. The monoisotopic (exact) mass is 147 g/mol. The van der Waals surface area contributed by atoms with Crippen molar-refractivity contribution >= 4 is 6.09 Å². The van der Waals surface area contributed by atoms with Crippen LogP contribution in [0.4, 0.5) is 4.79 Å². The maximum absolute atomic E-state index is 9.87. The Morgan fingerprint density at radius 2 is 2.40 bits per heavy atom. The molecular weight excluding hydrogens is 138 g/mol. The van der Waals surface area contributed by atoms with Gasteiger partial charge in [0, 0.05) is 13.0 Å². The normalized spacial score (nSPS) is 29.7. The van der Waals surface area contributed by atoms with Crippen molar-refractivity contribution in [2.45, 2.75) is 12.2 Å². The summed E-state index contributed by atoms with van der Waals surface area (Å²) >= 11 is 0. The van der Waals surface area contributed by atoms with Crippen LogP contribution in [0.1, 0.15) is 6.42 Å². The van der Waals surface area contributed by atoms with Crippen LogP contribution in [0.25, 0.3) is 0 Å². The molecule has 0 aromatic carbocycles. The minimum Gasteiger partial charge on any atom is -0.465 e. The molecule has 0 aromatic rings. The summed E-state index contributed by atoms with van der Waals surface area (Å²) in [6, 6.07) is 0. The molecular formula is C5H9NO4. The summed E-state index contributed by atoms with van der Waals surface area (Å²) in [4.78, 5) is 9.87. The first-order chi connectivity index (χ1) is 4.62. The summed E-state index contributed by atoms with van der Waals surface area (Å²) in [7, 11) is 0. The van der Waals surface area contributed by atoms with E-state index < -0.39 is 11.9 Å². The van der Waals surface area contributed by atoms with E-state index in [1.165, 1.54) is 0 Å². The third-order valence-corrected chi connectivity index (χ3v) is 1.27. The highest BCUT2D eigenvalue weighted by Crippen LogP contribution is 2.25. The lowest BCUT2D eigenvalue weighted by atomic mass is 10.3. The van der Waals surface area contributed by atoms with E-state index in [-0.39, 0.29) is 6.54 Å². The first-order valence-corrected chi connectivity index (χ1v) is 2.95. The number of carboxylic acid groups (broad SMARTS) is 1. The zero-order chi connectivity index (χ0) is 7.61. The number of aliphatic hydroxyl groups is 1. The molecule has 1 saturated heterocycles. The summed E-state index contributed by atoms with van der Waals surface area (Å²) in [5.74, 6) is -1.04. The molecule has 0 spiro atoms. The van der Waals surface area contributed by atoms with Crippen molar-refractivity contribution in [3.05, 3.63) is 0 Å². The Labute approximate surface area is 57.6 Å². The largest absolute Gasteiger partial charge is 0.465 e. The summed E-state index contributed by atoms with van der Waals surface area (Å²) < 4.78 is 4.60. The van der Waals surface area contributed by atoms with Crippen LogP contribution in [-0.2, 0) is 4.74 Å². The molecule has 1 aliphatic heterocycles. The van der Waals surface area contributed by atoms with Crippen LogP contribution in [-0.4, -0.2) is 35.2 Å². The quantitative estimate of drug-likeness (QED) is 0.464. The van der Waals surface area contributed by atoms with Crippen molar-refractivity contribution in [2.24, 2.45) is 0 Å². The van der Waals surface area contributed by atoms with E-state index in [9.17, 15) is 4.79 Å². The Hall–Kier alpha value is -0.810. The van der Waals surface area contributed by atoms with Crippen LogP contribution in [0.3, 0.4) is 0 Å². The predicted octanol–water partition coefficient (Wildman–Crippen LogP) is -0.637. The maximum Gasteiger partial charge on any atom is 0.404 e. The number of carbonyl (C=O) groups is 1. The second-order valence-electron chi connectivity index (χ2n) is 2.22. The average molecular weight is 147 g/mol. The Morgan fingerprint density at radius 1 is 1.80 bits per heavy atom. The zero-order valence-corrected chi connectivity index (χ0v) is 5.33. The standard InChI is InChI=1S/C5H9NO4/c7-4(8)6-2-1-5(9)3-10-5/h6,9H,1-3H2,(H,7,8)/t5-/m0/s1. The van der Waals surface area contributed by atoms with E-state index in [1.807, 2.05) is 0 Å². The van der Waals surface area contributed by atoms with Gasteiger partial charge < -0.3 is 20.3 Å². The second-order valence-corrected chi connectivity index (χ2v) is 2.22. The Bertz CT molecular complexity index is 143. The van der Waals surface area contributed by atoms with Gasteiger partial charge in [0.2, 0.25) is 0 Å². The first-order valence-electron chi connectivity index (χ1n) is 2.95. The van der Waals surface area contributed by atoms with Crippen LogP contribution >= 0.6 is 0 Å². The van der Waals surface area contributed by atoms with E-state index in [0.29, 0.717) is 13.0 Å². The molecule has 1 amide bonds. The van der Waals surface area contributed by atoms with Gasteiger partial charge in [0.05, 0.1) is 0 Å². The second kappa shape index (κ2) is 2.43. The van der Waals surface area contributed by atoms with Crippen LogP contribution in [0, 0.1) is 0 Å². The van der Waals surface area contributed by atoms with Crippen molar-refractivity contribution in [2.75, 3.05) is 13.2 Å². The molecule has 0 bridgehead atoms. The van der Waals surface area contributed by atoms with Gasteiger partial charge in [-0.2, -0.15) is 0 Å². The van der Waals surface area contributed by atoms with E-state index in [4.69, 9.17) is 10.2 Å². The molecule has 3 N–H and O–H groups in total. The first kappa shape index (κ1) is 7.30. The fraction of sp³-hybridized carbons (Fsp3) is 0.800. The molecule has 0 saturated carbocycles. The third-order valence-electron chi connectivity index (χ3n) is 1.27. The van der Waals surface area contributed by atoms with Crippen molar-refractivity contribution in [3.63, 3.8) is 0 Å². The lowest BCUT2D eigenvalue weighted by Crippen LogP contribution is -2.26. The van der Waals surface area contributed by atoms with E-state index in [2.05, 4.69) is 10.1 Å². The number of amides is 1. The molecule has 0 aliphatic carbocycles. The lowest BCUT2D eigenvalue weighted by molar-refractivity contribution is 0.0295. The van der Waals surface area contributed by atoms with E-state index in [1.54, 1.807) is 0 Å². The Balaban J connectivity index is 2.00. The van der Waals surface area contributed by atoms with Crippen LogP contribution in [0.2, 0.25) is 0 Å². The average Bonchev–Trinajstić information content (AvgIpc) is 2.47. The van der Waals surface area contributed by atoms with Gasteiger partial charge in [-0.05, 0) is 0 Å². The van der Waals surface area contributed by atoms with Gasteiger partial charge in [-0.3, -0.25) is 0 Å². The summed E-state index contributed by atoms with van der Waals surface area (Å²) in [5.41, 5.74) is 0. The van der Waals surface area contributed by atoms with E-state index in [0.717, 1.165) is 0 Å². The van der Waals surface area contributed by atoms with Gasteiger partial charge in [0.15, 0.2) is 5.79 Å². The number of rotatable bonds is 3. The molecule has 1 atom stereocenters. The minimum absolute atomic E-state index is 0.228. The summed E-state index contributed by atoms with van der Waals surface area (Å²) in [6.07, 6.45) is -0.761. The Kier molecular flexibility index (Phi) is 1.78. The van der Waals surface area contributed by atoms with E-state index >= 15 is 0 Å². The molecule has 1 fully saturated rings. The molecule has 5 nitrogen and oxygen atoms in total. The maximum atomic E-state index is 9.87. The van der Waals surface area contributed by atoms with Crippen LogP contribution in [0.15, 0.2) is 0 Å². The highest BCUT2D eigenvalue weighted by molar-refractivity contribution is 5.64. The van der Waals surface area contributed by atoms with Gasteiger partial charge in [-0.15, -0.1) is 0 Å².